The van der Waals surface area contributed by atoms with Crippen LogP contribution in [0.25, 0.3) is 0 Å². The molecular formula is C15H25N3. The Labute approximate surface area is 111 Å². The van der Waals surface area contributed by atoms with E-state index >= 15 is 0 Å². The summed E-state index contributed by atoms with van der Waals surface area (Å²) in [5.74, 6) is 0.676. The monoisotopic (exact) mass is 247 g/mol. The second-order valence-electron chi connectivity index (χ2n) is 5.45. The van der Waals surface area contributed by atoms with Gasteiger partial charge in [0.25, 0.3) is 0 Å². The molecule has 18 heavy (non-hydrogen) atoms. The molecule has 1 aromatic heterocycles. The Bertz CT molecular complexity index is 365. The molecule has 0 spiro atoms. The lowest BCUT2D eigenvalue weighted by Gasteiger charge is -2.45. The second kappa shape index (κ2) is 5.81. The summed E-state index contributed by atoms with van der Waals surface area (Å²) in [6.45, 7) is 8.11. The lowest BCUT2D eigenvalue weighted by atomic mass is 9.86. The highest BCUT2D eigenvalue weighted by Crippen LogP contribution is 2.30. The van der Waals surface area contributed by atoms with Gasteiger partial charge in [-0.25, -0.2) is 0 Å². The maximum Gasteiger partial charge on any atom is 0.0572 e. The van der Waals surface area contributed by atoms with Gasteiger partial charge in [-0.05, 0) is 45.4 Å². The largest absolute Gasteiger partial charge is 0.317 e. The fraction of sp³-hybridized carbons (Fsp3) is 0.667. The van der Waals surface area contributed by atoms with Gasteiger partial charge in [0.2, 0.25) is 0 Å². The zero-order valence-corrected chi connectivity index (χ0v) is 11.9. The van der Waals surface area contributed by atoms with Crippen LogP contribution in [0.4, 0.5) is 0 Å². The van der Waals surface area contributed by atoms with Crippen LogP contribution in [0.3, 0.4) is 0 Å². The predicted molar refractivity (Wildman–Crippen MR) is 75.4 cm³/mol. The van der Waals surface area contributed by atoms with E-state index in [-0.39, 0.29) is 0 Å². The minimum Gasteiger partial charge on any atom is -0.317 e. The van der Waals surface area contributed by atoms with Gasteiger partial charge < -0.3 is 5.32 Å². The van der Waals surface area contributed by atoms with E-state index in [4.69, 9.17) is 0 Å². The Balaban J connectivity index is 2.10. The second-order valence-corrected chi connectivity index (χ2v) is 5.45. The zero-order valence-electron chi connectivity index (χ0n) is 11.9. The van der Waals surface area contributed by atoms with Gasteiger partial charge in [0.1, 0.15) is 0 Å². The summed E-state index contributed by atoms with van der Waals surface area (Å²) in [4.78, 5) is 7.08. The van der Waals surface area contributed by atoms with Crippen molar-refractivity contribution in [2.45, 2.75) is 45.3 Å². The van der Waals surface area contributed by atoms with Crippen LogP contribution < -0.4 is 5.32 Å². The summed E-state index contributed by atoms with van der Waals surface area (Å²) in [5, 5.41) is 3.44. The first-order chi connectivity index (χ1) is 8.65. The summed E-state index contributed by atoms with van der Waals surface area (Å²) in [5.41, 5.74) is 1.18. The van der Waals surface area contributed by atoms with Gasteiger partial charge in [-0.1, -0.05) is 13.0 Å². The van der Waals surface area contributed by atoms with Crippen LogP contribution in [0.5, 0.6) is 0 Å². The number of piperidine rings is 1. The summed E-state index contributed by atoms with van der Waals surface area (Å²) >= 11 is 0. The maximum absolute atomic E-state index is 4.50. The summed E-state index contributed by atoms with van der Waals surface area (Å²) in [6.07, 6.45) is 3.11. The fourth-order valence-corrected chi connectivity index (χ4v) is 3.14. The van der Waals surface area contributed by atoms with Gasteiger partial charge in [0.05, 0.1) is 5.69 Å². The van der Waals surface area contributed by atoms with E-state index in [0.717, 1.165) is 6.54 Å². The Morgan fingerprint density at radius 1 is 1.39 bits per heavy atom. The highest BCUT2D eigenvalue weighted by Gasteiger charge is 2.34. The van der Waals surface area contributed by atoms with Crippen LogP contribution in [-0.2, 0) is 0 Å². The van der Waals surface area contributed by atoms with Crippen molar-refractivity contribution in [3.63, 3.8) is 0 Å². The number of pyridine rings is 1. The summed E-state index contributed by atoms with van der Waals surface area (Å²) in [7, 11) is 2.08. The minimum atomic E-state index is 0.404. The van der Waals surface area contributed by atoms with Crippen molar-refractivity contribution in [3.05, 3.63) is 30.1 Å². The number of nitrogens with zero attached hydrogens (tertiary/aromatic N) is 2. The molecule has 1 aliphatic heterocycles. The van der Waals surface area contributed by atoms with E-state index < -0.39 is 0 Å². The molecule has 0 radical (unpaired) electrons. The Morgan fingerprint density at radius 2 is 2.17 bits per heavy atom. The van der Waals surface area contributed by atoms with Crippen molar-refractivity contribution >= 4 is 0 Å². The van der Waals surface area contributed by atoms with E-state index in [1.807, 2.05) is 12.3 Å². The lowest BCUT2D eigenvalue weighted by molar-refractivity contribution is 0.0530. The number of nitrogens with one attached hydrogen (secondary N) is 1. The topological polar surface area (TPSA) is 28.2 Å². The van der Waals surface area contributed by atoms with Gasteiger partial charge in [-0.2, -0.15) is 0 Å². The summed E-state index contributed by atoms with van der Waals surface area (Å²) in [6, 6.07) is 7.83. The van der Waals surface area contributed by atoms with E-state index in [2.05, 4.69) is 55.2 Å². The molecule has 4 unspecified atom stereocenters. The summed E-state index contributed by atoms with van der Waals surface area (Å²) < 4.78 is 0. The first-order valence-electron chi connectivity index (χ1n) is 6.99. The van der Waals surface area contributed by atoms with E-state index in [1.165, 1.54) is 12.1 Å². The number of hydrogen-bond acceptors (Lipinski definition) is 3. The highest BCUT2D eigenvalue weighted by atomic mass is 15.2. The van der Waals surface area contributed by atoms with Crippen molar-refractivity contribution in [1.29, 1.82) is 0 Å². The molecule has 100 valence electrons. The lowest BCUT2D eigenvalue weighted by Crippen LogP contribution is -2.53. The SMILES string of the molecule is CNC1CCN(C(C)c2ccccn2)C(C)C1C. The molecule has 3 heteroatoms. The van der Waals surface area contributed by atoms with Crippen LogP contribution in [0.15, 0.2) is 24.4 Å². The van der Waals surface area contributed by atoms with Crippen LogP contribution in [0.2, 0.25) is 0 Å². The molecule has 0 aliphatic carbocycles. The standard InChI is InChI=1S/C15H25N3/c1-11-12(2)18(10-8-14(11)16-4)13(3)15-7-5-6-9-17-15/h5-7,9,11-14,16H,8,10H2,1-4H3. The average Bonchev–Trinajstić information content (AvgIpc) is 2.42. The number of hydrogen-bond donors (Lipinski definition) is 1. The first kappa shape index (κ1) is 13.5. The molecule has 0 bridgehead atoms. The van der Waals surface area contributed by atoms with Gasteiger partial charge in [-0.3, -0.25) is 9.88 Å². The van der Waals surface area contributed by atoms with Crippen molar-refractivity contribution in [3.8, 4) is 0 Å². The zero-order chi connectivity index (χ0) is 13.1. The molecule has 2 heterocycles. The van der Waals surface area contributed by atoms with Gasteiger partial charge in [0.15, 0.2) is 0 Å². The Kier molecular flexibility index (Phi) is 4.36. The van der Waals surface area contributed by atoms with Gasteiger partial charge >= 0.3 is 0 Å². The third-order valence-electron chi connectivity index (χ3n) is 4.60. The molecule has 3 nitrogen and oxygen atoms in total. The predicted octanol–water partition coefficient (Wildman–Crippen LogP) is 2.46. The third-order valence-corrected chi connectivity index (χ3v) is 4.60. The van der Waals surface area contributed by atoms with E-state index in [1.54, 1.807) is 0 Å². The van der Waals surface area contributed by atoms with E-state index in [9.17, 15) is 0 Å². The normalized spacial score (nSPS) is 31.2. The number of likely N-dealkylation sites (tertiary alicyclic amines) is 1. The quantitative estimate of drug-likeness (QED) is 0.889. The molecule has 0 amide bonds. The molecule has 1 N–H and O–H groups in total. The third kappa shape index (κ3) is 2.57. The number of rotatable bonds is 3. The molecule has 1 aromatic rings. The Hall–Kier alpha value is -0.930. The van der Waals surface area contributed by atoms with E-state index in [0.29, 0.717) is 24.0 Å². The molecule has 1 aliphatic rings. The average molecular weight is 247 g/mol. The van der Waals surface area contributed by atoms with Crippen LogP contribution in [-0.4, -0.2) is 35.6 Å². The smallest absolute Gasteiger partial charge is 0.0572 e. The molecule has 0 aromatic carbocycles. The van der Waals surface area contributed by atoms with Crippen molar-refractivity contribution in [2.24, 2.45) is 5.92 Å². The van der Waals surface area contributed by atoms with Crippen molar-refractivity contribution in [1.82, 2.24) is 15.2 Å². The van der Waals surface area contributed by atoms with Crippen LogP contribution in [0, 0.1) is 5.92 Å². The van der Waals surface area contributed by atoms with Crippen LogP contribution in [0.1, 0.15) is 38.9 Å². The van der Waals surface area contributed by atoms with Crippen molar-refractivity contribution < 1.29 is 0 Å². The Morgan fingerprint density at radius 3 is 2.78 bits per heavy atom. The molecule has 2 rings (SSSR count). The van der Waals surface area contributed by atoms with Crippen LogP contribution >= 0.6 is 0 Å². The first-order valence-corrected chi connectivity index (χ1v) is 6.99. The molecule has 0 saturated carbocycles. The molecule has 1 fully saturated rings. The molecule has 1 saturated heterocycles. The molecule has 4 atom stereocenters. The minimum absolute atomic E-state index is 0.404. The number of aromatic nitrogens is 1. The maximum atomic E-state index is 4.50. The molecular weight excluding hydrogens is 222 g/mol. The van der Waals surface area contributed by atoms with Gasteiger partial charge in [-0.15, -0.1) is 0 Å². The highest BCUT2D eigenvalue weighted by molar-refractivity contribution is 5.09. The fourth-order valence-electron chi connectivity index (χ4n) is 3.14. The van der Waals surface area contributed by atoms with Gasteiger partial charge in [0, 0.05) is 30.9 Å². The van der Waals surface area contributed by atoms with Crippen molar-refractivity contribution in [2.75, 3.05) is 13.6 Å².